The first-order chi connectivity index (χ1) is 30.7. The molecule has 13 nitrogen and oxygen atoms in total. The lowest BCUT2D eigenvalue weighted by atomic mass is 9.68. The molecular weight excluding hydrogens is 862 g/mol. The van der Waals surface area contributed by atoms with Gasteiger partial charge < -0.3 is 49.2 Å². The van der Waals surface area contributed by atoms with E-state index in [1.807, 2.05) is 68.4 Å². The number of alkyl halides is 3. The highest BCUT2D eigenvalue weighted by Crippen LogP contribution is 2.54. The molecule has 5 fully saturated rings. The zero-order valence-electron chi connectivity index (χ0n) is 41.3. The van der Waals surface area contributed by atoms with Crippen LogP contribution in [0.4, 0.5) is 18.0 Å². The molecule has 0 aromatic heterocycles. The molecule has 0 aromatic rings. The van der Waals surface area contributed by atoms with Gasteiger partial charge in [-0.2, -0.15) is 13.2 Å². The largest absolute Gasteiger partial charge is 0.481 e. The summed E-state index contributed by atoms with van der Waals surface area (Å²) in [5.74, 6) is -8.43. The number of amides is 2. The van der Waals surface area contributed by atoms with Crippen LogP contribution in [0.3, 0.4) is 0 Å². The molecule has 66 heavy (non-hydrogen) atoms. The summed E-state index contributed by atoms with van der Waals surface area (Å²) in [7, 11) is 0. The van der Waals surface area contributed by atoms with Crippen LogP contribution in [-0.4, -0.2) is 122 Å². The Morgan fingerprint density at radius 3 is 2.11 bits per heavy atom. The fourth-order valence-corrected chi connectivity index (χ4v) is 12.5. The second-order valence-corrected chi connectivity index (χ2v) is 21.8. The average Bonchev–Trinajstić information content (AvgIpc) is 3.61. The van der Waals surface area contributed by atoms with Crippen molar-refractivity contribution < 1.29 is 66.6 Å². The van der Waals surface area contributed by atoms with Gasteiger partial charge in [0.1, 0.15) is 11.8 Å². The number of aliphatic hydroxyl groups excluding tert-OH is 1. The van der Waals surface area contributed by atoms with Crippen molar-refractivity contribution in [1.29, 1.82) is 0 Å². The molecule has 0 aromatic carbocycles. The number of carboxylic acid groups (broad SMARTS) is 1. The first kappa shape index (κ1) is 53.0. The molecule has 1 unspecified atom stereocenters. The summed E-state index contributed by atoms with van der Waals surface area (Å²) in [5.41, 5.74) is -2.78. The molecule has 378 valence electrons. The van der Waals surface area contributed by atoms with Crippen molar-refractivity contribution in [3.8, 4) is 0 Å². The number of nitrogens with zero attached hydrogens (tertiary/aromatic N) is 1. The van der Waals surface area contributed by atoms with E-state index in [1.165, 1.54) is 4.90 Å². The third kappa shape index (κ3) is 10.00. The van der Waals surface area contributed by atoms with Crippen LogP contribution in [0.25, 0.3) is 0 Å². The summed E-state index contributed by atoms with van der Waals surface area (Å²) in [6, 6.07) is -1.39. The maximum Gasteiger partial charge on any atom is 0.391 e. The van der Waals surface area contributed by atoms with Crippen LogP contribution < -0.4 is 5.32 Å². The zero-order valence-corrected chi connectivity index (χ0v) is 41.3. The van der Waals surface area contributed by atoms with E-state index in [1.54, 1.807) is 13.0 Å². The van der Waals surface area contributed by atoms with Crippen molar-refractivity contribution in [2.75, 3.05) is 13.1 Å². The molecule has 2 amide bonds. The average molecular weight is 943 g/mol. The molecule has 0 bridgehead atoms. The number of hydrogen-bond donors (Lipinski definition) is 4. The first-order valence-electron chi connectivity index (χ1n) is 25.1. The summed E-state index contributed by atoms with van der Waals surface area (Å²) < 4.78 is 75.3. The van der Waals surface area contributed by atoms with Gasteiger partial charge in [0.25, 0.3) is 0 Å². The fraction of sp³-hybridized carbons (Fsp3) is 0.900. The zero-order chi connectivity index (χ0) is 48.9. The maximum absolute atomic E-state index is 14.8. The van der Waals surface area contributed by atoms with Crippen molar-refractivity contribution in [3.63, 3.8) is 0 Å². The van der Waals surface area contributed by atoms with Crippen LogP contribution >= 0.6 is 0 Å². The van der Waals surface area contributed by atoms with Gasteiger partial charge in [-0.15, -0.1) is 0 Å². The summed E-state index contributed by atoms with van der Waals surface area (Å²) in [5, 5.41) is 36.3. The van der Waals surface area contributed by atoms with E-state index in [9.17, 15) is 42.9 Å². The second kappa shape index (κ2) is 19.8. The van der Waals surface area contributed by atoms with Crippen LogP contribution in [-0.2, 0) is 33.3 Å². The van der Waals surface area contributed by atoms with Gasteiger partial charge in [-0.3, -0.25) is 9.59 Å². The van der Waals surface area contributed by atoms with Gasteiger partial charge in [0.05, 0.1) is 59.2 Å². The van der Waals surface area contributed by atoms with Crippen molar-refractivity contribution in [2.24, 2.45) is 47.3 Å². The molecule has 0 saturated carbocycles. The number of nitrogens with one attached hydrogen (secondary N) is 1. The van der Waals surface area contributed by atoms with E-state index in [0.717, 1.165) is 6.42 Å². The Bertz CT molecular complexity index is 1760. The molecule has 2 spiro atoms. The van der Waals surface area contributed by atoms with Crippen molar-refractivity contribution >= 4 is 17.8 Å². The minimum Gasteiger partial charge on any atom is -0.481 e. The molecule has 4 N–H and O–H groups in total. The highest BCUT2D eigenvalue weighted by molar-refractivity contribution is 5.84. The van der Waals surface area contributed by atoms with Gasteiger partial charge in [0.2, 0.25) is 0 Å². The summed E-state index contributed by atoms with van der Waals surface area (Å²) in [6.07, 6.45) is 0.874. The molecule has 6 aliphatic rings. The lowest BCUT2D eigenvalue weighted by Gasteiger charge is -2.55. The van der Waals surface area contributed by atoms with Crippen molar-refractivity contribution in [2.45, 2.75) is 224 Å². The molecule has 6 rings (SSSR count). The number of hydrogen-bond acceptors (Lipinski definition) is 10. The minimum atomic E-state index is -4.33. The molecular formula is C50H81F3N2O11. The van der Waals surface area contributed by atoms with E-state index in [-0.39, 0.29) is 49.5 Å². The molecule has 18 atom stereocenters. The van der Waals surface area contributed by atoms with E-state index >= 15 is 0 Å². The van der Waals surface area contributed by atoms with Crippen LogP contribution in [0, 0.1) is 47.3 Å². The van der Waals surface area contributed by atoms with Crippen molar-refractivity contribution in [3.05, 3.63) is 12.2 Å². The lowest BCUT2D eigenvalue weighted by Crippen LogP contribution is -2.66. The molecule has 0 aliphatic carbocycles. The maximum atomic E-state index is 14.8. The smallest absolute Gasteiger partial charge is 0.391 e. The standard InChI is InChI=1S/C50H81F3N2O11/c1-12-35(43(58)59)37-16-15-29(5)46(11,63-37)32(8)40(56)31(7)41(57)36(13-2)42-28(4)27-30(6)48(64-42)22-17-38(54-44(60)55-25-19-34(20-26-55)50(51,52)53)49(66-48)24-23-45(10,65-49)39-18-21-47(61,14-3)33(9)62-39/h17,22,28-40,42,56,61H,12-16,18-21,23-27H2,1-11H3,(H,54,60)(H,58,59)/t28-,29-,30+,31-,32-,33-,35+,36-,37+,38+,39+,40+,42-,45-,46?,47+,48-,49-/m0/s1. The number of urea groups is 1. The number of carbonyl (C=O) groups is 3. The highest BCUT2D eigenvalue weighted by Gasteiger charge is 2.64. The highest BCUT2D eigenvalue weighted by atomic mass is 19.4. The topological polar surface area (TPSA) is 173 Å². The quantitative estimate of drug-likeness (QED) is 0.130. The van der Waals surface area contributed by atoms with Gasteiger partial charge >= 0.3 is 18.2 Å². The summed E-state index contributed by atoms with van der Waals surface area (Å²) in [6.45, 7) is 21.1. The van der Waals surface area contributed by atoms with Crippen molar-refractivity contribution in [1.82, 2.24) is 10.2 Å². The number of rotatable bonds is 13. The Kier molecular flexibility index (Phi) is 15.9. The molecule has 6 heterocycles. The molecule has 6 aliphatic heterocycles. The van der Waals surface area contributed by atoms with E-state index < -0.39 is 113 Å². The normalized spacial score (nSPS) is 42.5. The van der Waals surface area contributed by atoms with E-state index in [2.05, 4.69) is 12.2 Å². The Balaban J connectivity index is 1.25. The lowest BCUT2D eigenvalue weighted by molar-refractivity contribution is -0.398. The number of piperidine rings is 1. The van der Waals surface area contributed by atoms with Crippen LogP contribution in [0.5, 0.6) is 0 Å². The van der Waals surface area contributed by atoms with Crippen LogP contribution in [0.1, 0.15) is 153 Å². The Morgan fingerprint density at radius 2 is 1.53 bits per heavy atom. The number of ketones is 1. The minimum absolute atomic E-state index is 0.00194. The Labute approximate surface area is 390 Å². The molecule has 5 saturated heterocycles. The number of Topliss-reactive ketones (excluding diaryl/α,β-unsaturated/α-hetero) is 1. The summed E-state index contributed by atoms with van der Waals surface area (Å²) in [4.78, 5) is 42.3. The number of aliphatic carboxylic acids is 1. The molecule has 16 heteroatoms. The third-order valence-electron chi connectivity index (χ3n) is 17.8. The van der Waals surface area contributed by atoms with E-state index in [0.29, 0.717) is 57.8 Å². The predicted molar refractivity (Wildman–Crippen MR) is 240 cm³/mol. The van der Waals surface area contributed by atoms with Gasteiger partial charge in [-0.25, -0.2) is 4.79 Å². The van der Waals surface area contributed by atoms with Gasteiger partial charge in [-0.05, 0) is 109 Å². The van der Waals surface area contributed by atoms with Gasteiger partial charge in [0, 0.05) is 43.2 Å². The SMILES string of the molecule is CC[C@@H](C(=O)[C@@H](C)[C@@H](O)[C@H](C)C1(C)O[C@@H]([C@@H](CC)C(=O)O)CC[C@@H]1C)[C@H]1O[C@]2(C=C[C@@H](NC(=O)N3CCC(C(F)(F)F)CC3)[C@]3(CC[C@@](C)([C@H]4CC[C@](O)(CC)[C@H](C)O4)O3)O2)[C@H](C)C[C@@H]1C. The third-order valence-corrected chi connectivity index (χ3v) is 17.8. The number of aliphatic hydroxyl groups is 2. The van der Waals surface area contributed by atoms with Gasteiger partial charge in [0.15, 0.2) is 11.6 Å². The number of likely N-dealkylation sites (tertiary alicyclic amines) is 1. The fourth-order valence-electron chi connectivity index (χ4n) is 12.5. The van der Waals surface area contributed by atoms with Crippen LogP contribution in [0.2, 0.25) is 0 Å². The molecule has 0 radical (unpaired) electrons. The van der Waals surface area contributed by atoms with Crippen LogP contribution in [0.15, 0.2) is 12.2 Å². The van der Waals surface area contributed by atoms with E-state index in [4.69, 9.17) is 23.7 Å². The number of carboxylic acids is 1. The number of carbonyl (C=O) groups excluding carboxylic acids is 2. The predicted octanol–water partition coefficient (Wildman–Crippen LogP) is 8.57. The summed E-state index contributed by atoms with van der Waals surface area (Å²) >= 11 is 0. The Morgan fingerprint density at radius 1 is 0.879 bits per heavy atom. The number of halogens is 3. The Hall–Kier alpha value is -2.34. The van der Waals surface area contributed by atoms with Gasteiger partial charge in [-0.1, -0.05) is 61.5 Å². The second-order valence-electron chi connectivity index (χ2n) is 21.8. The monoisotopic (exact) mass is 943 g/mol. The first-order valence-corrected chi connectivity index (χ1v) is 25.1. The number of ether oxygens (including phenoxy) is 5.